The van der Waals surface area contributed by atoms with Gasteiger partial charge < -0.3 is 14.7 Å². The fourth-order valence-electron chi connectivity index (χ4n) is 1.42. The molecule has 2 aromatic rings. The van der Waals surface area contributed by atoms with Crippen LogP contribution in [0.5, 0.6) is 5.75 Å². The molecule has 8 heteroatoms. The maximum absolute atomic E-state index is 12.5. The van der Waals surface area contributed by atoms with Gasteiger partial charge in [0.25, 0.3) is 0 Å². The van der Waals surface area contributed by atoms with Gasteiger partial charge in [-0.05, 0) is 18.2 Å². The van der Waals surface area contributed by atoms with Crippen LogP contribution in [0, 0.1) is 0 Å². The standard InChI is InChI=1S/C11H6F3NO4/c12-11(13,14)5-1-2-8(16)6(3-5)7-4-9(10(17)18)19-15-7/h1-4,16H,(H,17,18). The summed E-state index contributed by atoms with van der Waals surface area (Å²) in [4.78, 5) is 10.6. The minimum absolute atomic E-state index is 0.194. The molecule has 100 valence electrons. The van der Waals surface area contributed by atoms with Crippen LogP contribution in [0.1, 0.15) is 16.1 Å². The molecule has 0 saturated carbocycles. The molecule has 0 radical (unpaired) electrons. The fourth-order valence-corrected chi connectivity index (χ4v) is 1.42. The Bertz CT molecular complexity index is 633. The molecule has 19 heavy (non-hydrogen) atoms. The molecular weight excluding hydrogens is 267 g/mol. The first-order chi connectivity index (χ1) is 8.79. The number of carboxylic acid groups (broad SMARTS) is 1. The van der Waals surface area contributed by atoms with Crippen LogP contribution in [0.3, 0.4) is 0 Å². The van der Waals surface area contributed by atoms with Crippen molar-refractivity contribution < 1.29 is 32.7 Å². The zero-order valence-electron chi connectivity index (χ0n) is 9.10. The third-order valence-corrected chi connectivity index (χ3v) is 2.32. The predicted molar refractivity (Wildman–Crippen MR) is 55.6 cm³/mol. The monoisotopic (exact) mass is 273 g/mol. The van der Waals surface area contributed by atoms with E-state index >= 15 is 0 Å². The maximum atomic E-state index is 12.5. The van der Waals surface area contributed by atoms with Gasteiger partial charge in [0.05, 0.1) is 5.56 Å². The number of hydrogen-bond acceptors (Lipinski definition) is 4. The number of hydrogen-bond donors (Lipinski definition) is 2. The van der Waals surface area contributed by atoms with Crippen molar-refractivity contribution in [2.75, 3.05) is 0 Å². The highest BCUT2D eigenvalue weighted by molar-refractivity contribution is 5.86. The summed E-state index contributed by atoms with van der Waals surface area (Å²) in [5, 5.41) is 21.4. The summed E-state index contributed by atoms with van der Waals surface area (Å²) < 4.78 is 42.0. The largest absolute Gasteiger partial charge is 0.507 e. The first-order valence-electron chi connectivity index (χ1n) is 4.89. The molecular formula is C11H6F3NO4. The van der Waals surface area contributed by atoms with Crippen molar-refractivity contribution >= 4 is 5.97 Å². The van der Waals surface area contributed by atoms with Crippen molar-refractivity contribution in [3.8, 4) is 17.0 Å². The Balaban J connectivity index is 2.51. The van der Waals surface area contributed by atoms with Gasteiger partial charge in [-0.1, -0.05) is 5.16 Å². The second kappa shape index (κ2) is 4.30. The summed E-state index contributed by atoms with van der Waals surface area (Å²) in [5.74, 6) is -2.41. The number of alkyl halides is 3. The van der Waals surface area contributed by atoms with E-state index in [0.717, 1.165) is 12.1 Å². The Kier molecular flexibility index (Phi) is 2.93. The minimum Gasteiger partial charge on any atom is -0.507 e. The Morgan fingerprint density at radius 1 is 1.26 bits per heavy atom. The van der Waals surface area contributed by atoms with Crippen molar-refractivity contribution in [2.45, 2.75) is 6.18 Å². The lowest BCUT2D eigenvalue weighted by molar-refractivity contribution is -0.137. The van der Waals surface area contributed by atoms with E-state index in [1.54, 1.807) is 0 Å². The van der Waals surface area contributed by atoms with Crippen molar-refractivity contribution in [1.82, 2.24) is 5.16 Å². The highest BCUT2D eigenvalue weighted by atomic mass is 19.4. The van der Waals surface area contributed by atoms with Crippen LogP contribution in [0.25, 0.3) is 11.3 Å². The lowest BCUT2D eigenvalue weighted by atomic mass is 10.1. The number of phenols is 1. The van der Waals surface area contributed by atoms with Crippen LogP contribution in [0.4, 0.5) is 13.2 Å². The van der Waals surface area contributed by atoms with E-state index in [1.807, 2.05) is 0 Å². The highest BCUT2D eigenvalue weighted by Crippen LogP contribution is 2.36. The highest BCUT2D eigenvalue weighted by Gasteiger charge is 2.31. The lowest BCUT2D eigenvalue weighted by Gasteiger charge is -2.08. The first kappa shape index (κ1) is 12.9. The van der Waals surface area contributed by atoms with Crippen molar-refractivity contribution in [3.05, 3.63) is 35.6 Å². The quantitative estimate of drug-likeness (QED) is 0.878. The van der Waals surface area contributed by atoms with E-state index < -0.39 is 29.2 Å². The molecule has 0 aliphatic heterocycles. The topological polar surface area (TPSA) is 83.6 Å². The zero-order valence-corrected chi connectivity index (χ0v) is 9.10. The number of aromatic nitrogens is 1. The molecule has 0 unspecified atom stereocenters. The maximum Gasteiger partial charge on any atom is 0.416 e. The molecule has 0 saturated heterocycles. The number of aromatic hydroxyl groups is 1. The van der Waals surface area contributed by atoms with E-state index in [4.69, 9.17) is 5.11 Å². The zero-order chi connectivity index (χ0) is 14.2. The SMILES string of the molecule is O=C(O)c1cc(-c2cc(C(F)(F)F)ccc2O)no1. The van der Waals surface area contributed by atoms with Crippen LogP contribution in [0.15, 0.2) is 28.8 Å². The number of halogens is 3. The van der Waals surface area contributed by atoms with Gasteiger partial charge in [0.2, 0.25) is 5.76 Å². The van der Waals surface area contributed by atoms with Crippen LogP contribution in [0.2, 0.25) is 0 Å². The Morgan fingerprint density at radius 2 is 1.95 bits per heavy atom. The number of rotatable bonds is 2. The van der Waals surface area contributed by atoms with Crippen molar-refractivity contribution in [3.63, 3.8) is 0 Å². The van der Waals surface area contributed by atoms with E-state index in [0.29, 0.717) is 12.1 Å². The van der Waals surface area contributed by atoms with Crippen LogP contribution < -0.4 is 0 Å². The average molecular weight is 273 g/mol. The minimum atomic E-state index is -4.58. The average Bonchev–Trinajstić information content (AvgIpc) is 2.77. The van der Waals surface area contributed by atoms with Crippen molar-refractivity contribution in [1.29, 1.82) is 0 Å². The van der Waals surface area contributed by atoms with E-state index in [1.165, 1.54) is 0 Å². The van der Waals surface area contributed by atoms with Gasteiger partial charge in [-0.3, -0.25) is 0 Å². The van der Waals surface area contributed by atoms with Gasteiger partial charge >= 0.3 is 12.1 Å². The Labute approximate surface area is 103 Å². The molecule has 5 nitrogen and oxygen atoms in total. The molecule has 0 aliphatic carbocycles. The molecule has 0 aliphatic rings. The molecule has 1 aromatic heterocycles. The number of carbonyl (C=O) groups is 1. The van der Waals surface area contributed by atoms with Crippen LogP contribution >= 0.6 is 0 Å². The summed E-state index contributed by atoms with van der Waals surface area (Å²) in [6, 6.07) is 3.15. The number of benzene rings is 1. The molecule has 1 heterocycles. The molecule has 2 N–H and O–H groups in total. The third kappa shape index (κ3) is 2.51. The van der Waals surface area contributed by atoms with Crippen molar-refractivity contribution in [2.24, 2.45) is 0 Å². The van der Waals surface area contributed by atoms with E-state index in [-0.39, 0.29) is 11.3 Å². The van der Waals surface area contributed by atoms with Crippen LogP contribution in [-0.2, 0) is 6.18 Å². The van der Waals surface area contributed by atoms with Crippen LogP contribution in [-0.4, -0.2) is 21.3 Å². The molecule has 1 aromatic carbocycles. The van der Waals surface area contributed by atoms with Gasteiger partial charge in [0, 0.05) is 11.6 Å². The summed E-state index contributed by atoms with van der Waals surface area (Å²) in [5.41, 5.74) is -1.44. The summed E-state index contributed by atoms with van der Waals surface area (Å²) in [7, 11) is 0. The molecule has 0 bridgehead atoms. The molecule has 0 fully saturated rings. The smallest absolute Gasteiger partial charge is 0.416 e. The molecule has 0 amide bonds. The second-order valence-electron chi connectivity index (χ2n) is 3.61. The molecule has 0 spiro atoms. The van der Waals surface area contributed by atoms with Gasteiger partial charge in [-0.2, -0.15) is 13.2 Å². The summed E-state index contributed by atoms with van der Waals surface area (Å²) in [6.45, 7) is 0. The number of phenolic OH excluding ortho intramolecular Hbond substituents is 1. The van der Waals surface area contributed by atoms with Gasteiger partial charge in [-0.15, -0.1) is 0 Å². The van der Waals surface area contributed by atoms with E-state index in [9.17, 15) is 23.1 Å². The number of carboxylic acids is 1. The normalized spacial score (nSPS) is 11.5. The van der Waals surface area contributed by atoms with Gasteiger partial charge in [-0.25, -0.2) is 4.79 Å². The third-order valence-electron chi connectivity index (χ3n) is 2.32. The second-order valence-corrected chi connectivity index (χ2v) is 3.61. The van der Waals surface area contributed by atoms with Gasteiger partial charge in [0.1, 0.15) is 11.4 Å². The number of nitrogens with zero attached hydrogens (tertiary/aromatic N) is 1. The number of aromatic carboxylic acids is 1. The predicted octanol–water partition coefficient (Wildman–Crippen LogP) is 2.76. The molecule has 2 rings (SSSR count). The summed E-state index contributed by atoms with van der Waals surface area (Å²) >= 11 is 0. The lowest BCUT2D eigenvalue weighted by Crippen LogP contribution is -2.04. The Morgan fingerprint density at radius 3 is 2.47 bits per heavy atom. The first-order valence-corrected chi connectivity index (χ1v) is 4.89. The van der Waals surface area contributed by atoms with Gasteiger partial charge in [0.15, 0.2) is 0 Å². The van der Waals surface area contributed by atoms with E-state index in [2.05, 4.69) is 9.68 Å². The Hall–Kier alpha value is -2.51. The summed E-state index contributed by atoms with van der Waals surface area (Å²) in [6.07, 6.45) is -4.58. The molecule has 0 atom stereocenters. The fraction of sp³-hybridized carbons (Fsp3) is 0.0909.